The highest BCUT2D eigenvalue weighted by molar-refractivity contribution is 6.03. The predicted octanol–water partition coefficient (Wildman–Crippen LogP) is 3.82. The molecule has 0 fully saturated rings. The number of ether oxygens (including phenoxy) is 1. The molecule has 0 unspecified atom stereocenters. The highest BCUT2D eigenvalue weighted by Gasteiger charge is 2.10. The molecule has 3 aromatic rings. The number of fused-ring (bicyclic) bond motifs is 3. The Hall–Kier alpha value is -2.36. The molecule has 0 aliphatic carbocycles. The summed E-state index contributed by atoms with van der Waals surface area (Å²) < 4.78 is 10.7. The maximum atomic E-state index is 11.4. The summed E-state index contributed by atoms with van der Waals surface area (Å²) in [5.41, 5.74) is 1.52. The van der Waals surface area contributed by atoms with Gasteiger partial charge in [-0.3, -0.25) is 4.79 Å². The molecule has 0 bridgehead atoms. The average molecular weight is 269 g/mol. The highest BCUT2D eigenvalue weighted by Crippen LogP contribution is 2.25. The maximum Gasteiger partial charge on any atom is 0.306 e. The van der Waals surface area contributed by atoms with E-state index < -0.39 is 0 Å². The lowest BCUT2D eigenvalue weighted by molar-refractivity contribution is -0.145. The zero-order valence-corrected chi connectivity index (χ0v) is 11.3. The van der Waals surface area contributed by atoms with Gasteiger partial charge in [0, 0.05) is 11.8 Å². The first-order valence-electron chi connectivity index (χ1n) is 6.70. The smallest absolute Gasteiger partial charge is 0.306 e. The minimum Gasteiger partial charge on any atom is -0.456 e. The fourth-order valence-electron chi connectivity index (χ4n) is 2.19. The molecule has 1 heterocycles. The number of carbonyl (C=O) groups is 1. The SMILES string of the molecule is CCCC(=O)OCc1nc2c(ccc3ccccc32)o1. The van der Waals surface area contributed by atoms with E-state index in [1.165, 1.54) is 0 Å². The Morgan fingerprint density at radius 1 is 1.25 bits per heavy atom. The van der Waals surface area contributed by atoms with Gasteiger partial charge in [-0.2, -0.15) is 0 Å². The van der Waals surface area contributed by atoms with Gasteiger partial charge in [0.05, 0.1) is 0 Å². The summed E-state index contributed by atoms with van der Waals surface area (Å²) in [4.78, 5) is 15.8. The number of oxazole rings is 1. The lowest BCUT2D eigenvalue weighted by atomic mass is 10.1. The molecule has 0 radical (unpaired) electrons. The Balaban J connectivity index is 1.90. The highest BCUT2D eigenvalue weighted by atomic mass is 16.5. The molecule has 0 N–H and O–H groups in total. The van der Waals surface area contributed by atoms with Crippen LogP contribution < -0.4 is 0 Å². The van der Waals surface area contributed by atoms with E-state index in [1.54, 1.807) is 0 Å². The number of rotatable bonds is 4. The molecule has 3 rings (SSSR count). The van der Waals surface area contributed by atoms with Crippen LogP contribution in [0.1, 0.15) is 25.7 Å². The van der Waals surface area contributed by atoms with Crippen molar-refractivity contribution in [1.82, 2.24) is 4.98 Å². The van der Waals surface area contributed by atoms with Gasteiger partial charge in [-0.25, -0.2) is 4.98 Å². The summed E-state index contributed by atoms with van der Waals surface area (Å²) in [7, 11) is 0. The minimum atomic E-state index is -0.223. The molecule has 4 heteroatoms. The lowest BCUT2D eigenvalue weighted by Gasteiger charge is -1.99. The second kappa shape index (κ2) is 5.33. The largest absolute Gasteiger partial charge is 0.456 e. The third-order valence-electron chi connectivity index (χ3n) is 3.14. The Kier molecular flexibility index (Phi) is 3.37. The molecule has 0 saturated carbocycles. The van der Waals surface area contributed by atoms with Gasteiger partial charge in [-0.1, -0.05) is 37.3 Å². The first kappa shape index (κ1) is 12.7. The van der Waals surface area contributed by atoms with Crippen LogP contribution in [0, 0.1) is 0 Å². The summed E-state index contributed by atoms with van der Waals surface area (Å²) in [6, 6.07) is 11.9. The first-order valence-corrected chi connectivity index (χ1v) is 6.70. The predicted molar refractivity (Wildman–Crippen MR) is 76.2 cm³/mol. The molecule has 4 nitrogen and oxygen atoms in total. The van der Waals surface area contributed by atoms with Crippen LogP contribution in [-0.4, -0.2) is 11.0 Å². The topological polar surface area (TPSA) is 52.3 Å². The summed E-state index contributed by atoms with van der Waals surface area (Å²) in [5.74, 6) is 0.209. The van der Waals surface area contributed by atoms with Crippen molar-refractivity contribution < 1.29 is 13.9 Å². The number of esters is 1. The van der Waals surface area contributed by atoms with Gasteiger partial charge in [0.1, 0.15) is 5.52 Å². The van der Waals surface area contributed by atoms with Crippen LogP contribution in [0.3, 0.4) is 0 Å². The molecule has 102 valence electrons. The molecule has 2 aromatic carbocycles. The second-order valence-electron chi connectivity index (χ2n) is 4.65. The van der Waals surface area contributed by atoms with E-state index in [9.17, 15) is 4.79 Å². The summed E-state index contributed by atoms with van der Waals surface area (Å²) in [5, 5.41) is 2.16. The van der Waals surface area contributed by atoms with Crippen LogP contribution in [0.4, 0.5) is 0 Å². The summed E-state index contributed by atoms with van der Waals surface area (Å²) in [6.45, 7) is 2.02. The van der Waals surface area contributed by atoms with E-state index in [0.717, 1.165) is 22.7 Å². The molecule has 0 spiro atoms. The van der Waals surface area contributed by atoms with E-state index in [-0.39, 0.29) is 12.6 Å². The zero-order chi connectivity index (χ0) is 13.9. The normalized spacial score (nSPS) is 11.1. The summed E-state index contributed by atoms with van der Waals surface area (Å²) >= 11 is 0. The number of hydrogen-bond acceptors (Lipinski definition) is 4. The van der Waals surface area contributed by atoms with Gasteiger partial charge in [0.15, 0.2) is 12.2 Å². The van der Waals surface area contributed by atoms with Crippen LogP contribution >= 0.6 is 0 Å². The molecule has 0 aliphatic rings. The quantitative estimate of drug-likeness (QED) is 0.675. The molecular weight excluding hydrogens is 254 g/mol. The molecule has 0 saturated heterocycles. The van der Waals surface area contributed by atoms with Gasteiger partial charge >= 0.3 is 5.97 Å². The monoisotopic (exact) mass is 269 g/mol. The zero-order valence-electron chi connectivity index (χ0n) is 11.3. The van der Waals surface area contributed by atoms with E-state index in [2.05, 4.69) is 4.98 Å². The Labute approximate surface area is 116 Å². The third kappa shape index (κ3) is 2.37. The Bertz CT molecular complexity index is 761. The van der Waals surface area contributed by atoms with Gasteiger partial charge in [0.2, 0.25) is 5.89 Å². The fraction of sp³-hybridized carbons (Fsp3) is 0.250. The van der Waals surface area contributed by atoms with Crippen molar-refractivity contribution in [3.8, 4) is 0 Å². The minimum absolute atomic E-state index is 0.0852. The Morgan fingerprint density at radius 2 is 2.10 bits per heavy atom. The van der Waals surface area contributed by atoms with Crippen molar-refractivity contribution in [3.63, 3.8) is 0 Å². The molecule has 1 aromatic heterocycles. The Morgan fingerprint density at radius 3 is 2.95 bits per heavy atom. The van der Waals surface area contributed by atoms with Gasteiger partial charge in [-0.15, -0.1) is 0 Å². The van der Waals surface area contributed by atoms with Crippen LogP contribution in [0.5, 0.6) is 0 Å². The third-order valence-corrected chi connectivity index (χ3v) is 3.14. The molecular formula is C16H15NO3. The number of aromatic nitrogens is 1. The van der Waals surface area contributed by atoms with Crippen molar-refractivity contribution in [2.45, 2.75) is 26.4 Å². The van der Waals surface area contributed by atoms with Crippen molar-refractivity contribution in [1.29, 1.82) is 0 Å². The van der Waals surface area contributed by atoms with Crippen molar-refractivity contribution in [2.75, 3.05) is 0 Å². The van der Waals surface area contributed by atoms with Crippen molar-refractivity contribution >= 4 is 27.8 Å². The van der Waals surface area contributed by atoms with Crippen LogP contribution in [-0.2, 0) is 16.1 Å². The first-order chi connectivity index (χ1) is 9.78. The van der Waals surface area contributed by atoms with E-state index in [4.69, 9.17) is 9.15 Å². The van der Waals surface area contributed by atoms with Crippen molar-refractivity contribution in [2.24, 2.45) is 0 Å². The number of nitrogens with zero attached hydrogens (tertiary/aromatic N) is 1. The number of carbonyl (C=O) groups excluding carboxylic acids is 1. The maximum absolute atomic E-state index is 11.4. The number of hydrogen-bond donors (Lipinski definition) is 0. The van der Waals surface area contributed by atoms with E-state index in [0.29, 0.717) is 17.9 Å². The fourth-order valence-corrected chi connectivity index (χ4v) is 2.19. The van der Waals surface area contributed by atoms with Gasteiger partial charge in [-0.05, 0) is 17.9 Å². The standard InChI is InChI=1S/C16H15NO3/c1-2-5-15(18)19-10-14-17-16-12-7-4-3-6-11(12)8-9-13(16)20-14/h3-4,6-9H,2,5,10H2,1H3. The van der Waals surface area contributed by atoms with Gasteiger partial charge < -0.3 is 9.15 Å². The molecule has 20 heavy (non-hydrogen) atoms. The lowest BCUT2D eigenvalue weighted by Crippen LogP contribution is -2.03. The molecule has 0 aliphatic heterocycles. The van der Waals surface area contributed by atoms with Crippen LogP contribution in [0.25, 0.3) is 21.9 Å². The average Bonchev–Trinajstić information content (AvgIpc) is 2.89. The summed E-state index contributed by atoms with van der Waals surface area (Å²) in [6.07, 6.45) is 1.19. The second-order valence-corrected chi connectivity index (χ2v) is 4.65. The van der Waals surface area contributed by atoms with Gasteiger partial charge in [0.25, 0.3) is 0 Å². The molecule has 0 atom stereocenters. The van der Waals surface area contributed by atoms with Crippen LogP contribution in [0.2, 0.25) is 0 Å². The van der Waals surface area contributed by atoms with Crippen LogP contribution in [0.15, 0.2) is 40.8 Å². The number of benzene rings is 2. The molecule has 0 amide bonds. The van der Waals surface area contributed by atoms with E-state index in [1.807, 2.05) is 43.3 Å². The van der Waals surface area contributed by atoms with E-state index >= 15 is 0 Å². The van der Waals surface area contributed by atoms with Crippen molar-refractivity contribution in [3.05, 3.63) is 42.3 Å².